The second-order valence-electron chi connectivity index (χ2n) is 7.32. The van der Waals surface area contributed by atoms with Crippen LogP contribution in [-0.2, 0) is 19.1 Å². The highest BCUT2D eigenvalue weighted by atomic mass is 16.5. The Morgan fingerprint density at radius 2 is 2.04 bits per heavy atom. The van der Waals surface area contributed by atoms with Crippen LogP contribution in [-0.4, -0.2) is 35.4 Å². The summed E-state index contributed by atoms with van der Waals surface area (Å²) in [7, 11) is 0. The zero-order chi connectivity index (χ0) is 20.8. The Labute approximate surface area is 168 Å². The van der Waals surface area contributed by atoms with E-state index in [-0.39, 0.29) is 36.1 Å². The van der Waals surface area contributed by atoms with Gasteiger partial charge in [-0.15, -0.1) is 0 Å². The quantitative estimate of drug-likeness (QED) is 0.274. The van der Waals surface area contributed by atoms with Crippen molar-refractivity contribution in [1.82, 2.24) is 0 Å². The van der Waals surface area contributed by atoms with Crippen molar-refractivity contribution in [2.75, 3.05) is 6.61 Å². The number of ketones is 2. The molecule has 0 bridgehead atoms. The SMILES string of the molecule is CCCCC(O)C/C=C/[C@H]1C=CC(=O)[C@@H]1C/C=C\CCCC(=O)COC(C)=O. The van der Waals surface area contributed by atoms with E-state index < -0.39 is 5.97 Å². The number of aliphatic hydroxyl groups excluding tert-OH is 1. The first-order valence-corrected chi connectivity index (χ1v) is 10.3. The maximum Gasteiger partial charge on any atom is 0.303 e. The third kappa shape index (κ3) is 10.4. The molecule has 0 radical (unpaired) electrons. The number of allylic oxidation sites excluding steroid dienone is 5. The van der Waals surface area contributed by atoms with Gasteiger partial charge in [0.25, 0.3) is 0 Å². The number of hydrogen-bond donors (Lipinski definition) is 1. The highest BCUT2D eigenvalue weighted by Crippen LogP contribution is 2.27. The number of Topliss-reactive ketones (excluding diaryl/α,β-unsaturated/α-hetero) is 1. The van der Waals surface area contributed by atoms with E-state index in [1.807, 2.05) is 30.4 Å². The Morgan fingerprint density at radius 3 is 2.75 bits per heavy atom. The smallest absolute Gasteiger partial charge is 0.303 e. The van der Waals surface area contributed by atoms with Crippen LogP contribution < -0.4 is 0 Å². The fourth-order valence-electron chi connectivity index (χ4n) is 3.11. The van der Waals surface area contributed by atoms with E-state index in [1.54, 1.807) is 6.08 Å². The van der Waals surface area contributed by atoms with E-state index in [0.717, 1.165) is 25.7 Å². The normalized spacial score (nSPS) is 20.3. The monoisotopic (exact) mass is 390 g/mol. The van der Waals surface area contributed by atoms with E-state index in [0.29, 0.717) is 25.7 Å². The van der Waals surface area contributed by atoms with Gasteiger partial charge in [-0.2, -0.15) is 0 Å². The molecule has 0 saturated carbocycles. The number of hydrogen-bond acceptors (Lipinski definition) is 5. The molecule has 3 atom stereocenters. The maximum atomic E-state index is 12.1. The van der Waals surface area contributed by atoms with Crippen LogP contribution >= 0.6 is 0 Å². The van der Waals surface area contributed by atoms with E-state index in [1.165, 1.54) is 6.92 Å². The largest absolute Gasteiger partial charge is 0.458 e. The molecule has 0 aromatic carbocycles. The maximum absolute atomic E-state index is 12.1. The van der Waals surface area contributed by atoms with Crippen molar-refractivity contribution < 1.29 is 24.2 Å². The molecule has 156 valence electrons. The third-order valence-electron chi connectivity index (χ3n) is 4.79. The van der Waals surface area contributed by atoms with Gasteiger partial charge in [-0.3, -0.25) is 14.4 Å². The summed E-state index contributed by atoms with van der Waals surface area (Å²) in [6, 6.07) is 0. The fraction of sp³-hybridized carbons (Fsp3) is 0.609. The lowest BCUT2D eigenvalue weighted by Gasteiger charge is -2.13. The molecule has 0 saturated heterocycles. The van der Waals surface area contributed by atoms with Crippen LogP contribution in [0, 0.1) is 11.8 Å². The average Bonchev–Trinajstić information content (AvgIpc) is 3.01. The van der Waals surface area contributed by atoms with Gasteiger partial charge in [-0.1, -0.05) is 50.1 Å². The molecule has 1 N–H and O–H groups in total. The fourth-order valence-corrected chi connectivity index (χ4v) is 3.11. The van der Waals surface area contributed by atoms with Gasteiger partial charge in [0, 0.05) is 25.2 Å². The Kier molecular flexibility index (Phi) is 12.1. The molecular weight excluding hydrogens is 356 g/mol. The molecule has 0 spiro atoms. The standard InChI is InChI=1S/C23H34O5/c1-3-4-11-20(25)13-9-10-19-15-16-23(27)22(19)14-8-6-5-7-12-21(26)17-28-18(2)24/h6,8-10,15-16,19-20,22,25H,3-5,7,11-14,17H2,1-2H3/b8-6-,10-9+/t19-,20?,22+/m0/s1. The number of aliphatic hydroxyl groups is 1. The predicted octanol–water partition coefficient (Wildman–Crippen LogP) is 4.10. The molecule has 1 rings (SSSR count). The Morgan fingerprint density at radius 1 is 1.25 bits per heavy atom. The number of carbonyl (C=O) groups excluding carboxylic acids is 3. The zero-order valence-corrected chi connectivity index (χ0v) is 17.1. The number of esters is 1. The lowest BCUT2D eigenvalue weighted by atomic mass is 9.90. The summed E-state index contributed by atoms with van der Waals surface area (Å²) >= 11 is 0. The van der Waals surface area contributed by atoms with Crippen LogP contribution in [0.3, 0.4) is 0 Å². The molecule has 1 unspecified atom stereocenters. The van der Waals surface area contributed by atoms with E-state index >= 15 is 0 Å². The molecule has 1 aliphatic carbocycles. The van der Waals surface area contributed by atoms with Gasteiger partial charge < -0.3 is 9.84 Å². The molecule has 28 heavy (non-hydrogen) atoms. The summed E-state index contributed by atoms with van der Waals surface area (Å²) in [4.78, 5) is 34.2. The van der Waals surface area contributed by atoms with Crippen molar-refractivity contribution in [2.24, 2.45) is 11.8 Å². The first-order valence-electron chi connectivity index (χ1n) is 10.3. The van der Waals surface area contributed by atoms with Crippen LogP contribution in [0.15, 0.2) is 36.5 Å². The van der Waals surface area contributed by atoms with Gasteiger partial charge in [0.15, 0.2) is 11.6 Å². The molecule has 0 fully saturated rings. The molecule has 0 amide bonds. The molecular formula is C23H34O5. The summed E-state index contributed by atoms with van der Waals surface area (Å²) in [6.45, 7) is 3.24. The van der Waals surface area contributed by atoms with Crippen molar-refractivity contribution in [3.8, 4) is 0 Å². The molecule has 0 aromatic rings. The van der Waals surface area contributed by atoms with Gasteiger partial charge in [0.05, 0.1) is 6.10 Å². The Balaban J connectivity index is 2.29. The lowest BCUT2D eigenvalue weighted by Crippen LogP contribution is -2.13. The first kappa shape index (κ1) is 24.0. The molecule has 5 heteroatoms. The molecule has 0 aromatic heterocycles. The van der Waals surface area contributed by atoms with Crippen molar-refractivity contribution in [2.45, 2.75) is 71.3 Å². The van der Waals surface area contributed by atoms with Gasteiger partial charge in [-0.25, -0.2) is 0 Å². The number of carbonyl (C=O) groups is 3. The number of unbranched alkanes of at least 4 members (excludes halogenated alkanes) is 2. The summed E-state index contributed by atoms with van der Waals surface area (Å²) < 4.78 is 4.67. The minimum absolute atomic E-state index is 0.0779. The van der Waals surface area contributed by atoms with Crippen molar-refractivity contribution in [3.05, 3.63) is 36.5 Å². The van der Waals surface area contributed by atoms with Crippen molar-refractivity contribution >= 4 is 17.5 Å². The summed E-state index contributed by atoms with van der Waals surface area (Å²) in [5, 5.41) is 9.90. The number of ether oxygens (including phenoxy) is 1. The van der Waals surface area contributed by atoms with Crippen molar-refractivity contribution in [1.29, 1.82) is 0 Å². The van der Waals surface area contributed by atoms with Gasteiger partial charge >= 0.3 is 5.97 Å². The topological polar surface area (TPSA) is 80.7 Å². The second-order valence-corrected chi connectivity index (χ2v) is 7.32. The average molecular weight is 391 g/mol. The van der Waals surface area contributed by atoms with Gasteiger partial charge in [-0.05, 0) is 38.2 Å². The summed E-state index contributed by atoms with van der Waals surface area (Å²) in [5.74, 6) is -0.374. The minimum atomic E-state index is -0.442. The van der Waals surface area contributed by atoms with E-state index in [4.69, 9.17) is 0 Å². The molecule has 5 nitrogen and oxygen atoms in total. The number of rotatable bonds is 14. The summed E-state index contributed by atoms with van der Waals surface area (Å²) in [6.07, 6.45) is 17.3. The summed E-state index contributed by atoms with van der Waals surface area (Å²) in [5.41, 5.74) is 0. The third-order valence-corrected chi connectivity index (χ3v) is 4.79. The Hall–Kier alpha value is -2.01. The zero-order valence-electron chi connectivity index (χ0n) is 17.1. The first-order chi connectivity index (χ1) is 13.4. The van der Waals surface area contributed by atoms with Gasteiger partial charge in [0.2, 0.25) is 0 Å². The highest BCUT2D eigenvalue weighted by molar-refractivity contribution is 5.95. The van der Waals surface area contributed by atoms with E-state index in [2.05, 4.69) is 11.7 Å². The predicted molar refractivity (Wildman–Crippen MR) is 110 cm³/mol. The molecule has 1 aliphatic rings. The van der Waals surface area contributed by atoms with Crippen LogP contribution in [0.1, 0.15) is 65.2 Å². The van der Waals surface area contributed by atoms with Crippen LogP contribution in [0.5, 0.6) is 0 Å². The second kappa shape index (κ2) is 14.1. The molecule has 0 heterocycles. The van der Waals surface area contributed by atoms with Crippen molar-refractivity contribution in [3.63, 3.8) is 0 Å². The molecule has 0 aliphatic heterocycles. The van der Waals surface area contributed by atoms with Gasteiger partial charge in [0.1, 0.15) is 6.61 Å². The van der Waals surface area contributed by atoms with Crippen LogP contribution in [0.25, 0.3) is 0 Å². The Bertz CT molecular complexity index is 588. The van der Waals surface area contributed by atoms with Crippen LogP contribution in [0.2, 0.25) is 0 Å². The highest BCUT2D eigenvalue weighted by Gasteiger charge is 2.26. The lowest BCUT2D eigenvalue weighted by molar-refractivity contribution is -0.145. The minimum Gasteiger partial charge on any atom is -0.458 e. The van der Waals surface area contributed by atoms with E-state index in [9.17, 15) is 19.5 Å². The van der Waals surface area contributed by atoms with Crippen LogP contribution in [0.4, 0.5) is 0 Å².